The van der Waals surface area contributed by atoms with Crippen LogP contribution in [0, 0.1) is 0 Å². The minimum absolute atomic E-state index is 0.600. The van der Waals surface area contributed by atoms with E-state index in [1.165, 1.54) is 0 Å². The van der Waals surface area contributed by atoms with Gasteiger partial charge in [0.2, 0.25) is 11.8 Å². The van der Waals surface area contributed by atoms with Gasteiger partial charge in [-0.2, -0.15) is 0 Å². The molecule has 6 aromatic carbocycles. The predicted molar refractivity (Wildman–Crippen MR) is 192 cm³/mol. The SMILES string of the molecule is c1ccc(-c2nc(-c3ccccc3)c(-c3ccc(-c4nc5ccccc5o4)cc3)cc2-c2ccc(-c3nc4ccccc4o3)cc2)cc1. The summed E-state index contributed by atoms with van der Waals surface area (Å²) < 4.78 is 12.1. The minimum atomic E-state index is 0.600. The molecule has 48 heavy (non-hydrogen) atoms. The van der Waals surface area contributed by atoms with Crippen molar-refractivity contribution in [3.05, 3.63) is 164 Å². The molecule has 0 atom stereocenters. The van der Waals surface area contributed by atoms with Crippen LogP contribution >= 0.6 is 0 Å². The molecule has 0 saturated carbocycles. The van der Waals surface area contributed by atoms with Crippen molar-refractivity contribution < 1.29 is 8.83 Å². The van der Waals surface area contributed by atoms with Crippen molar-refractivity contribution in [1.82, 2.24) is 15.0 Å². The number of rotatable bonds is 6. The maximum atomic E-state index is 6.06. The lowest BCUT2D eigenvalue weighted by atomic mass is 9.91. The Hall–Kier alpha value is -6.59. The first-order chi connectivity index (χ1) is 23.8. The highest BCUT2D eigenvalue weighted by Gasteiger charge is 2.19. The third-order valence-corrected chi connectivity index (χ3v) is 8.59. The second-order valence-corrected chi connectivity index (χ2v) is 11.6. The lowest BCUT2D eigenvalue weighted by Crippen LogP contribution is -1.97. The Morgan fingerprint density at radius 3 is 1.10 bits per heavy atom. The Morgan fingerprint density at radius 2 is 0.688 bits per heavy atom. The summed E-state index contributed by atoms with van der Waals surface area (Å²) in [7, 11) is 0. The number of hydrogen-bond donors (Lipinski definition) is 0. The van der Waals surface area contributed by atoms with E-state index in [0.717, 1.165) is 78.1 Å². The topological polar surface area (TPSA) is 65.0 Å². The van der Waals surface area contributed by atoms with Gasteiger partial charge in [-0.15, -0.1) is 0 Å². The average Bonchev–Trinajstić information content (AvgIpc) is 3.80. The van der Waals surface area contributed by atoms with E-state index in [1.54, 1.807) is 0 Å². The van der Waals surface area contributed by atoms with Gasteiger partial charge < -0.3 is 8.83 Å². The average molecular weight is 618 g/mol. The van der Waals surface area contributed by atoms with Crippen molar-refractivity contribution >= 4 is 22.2 Å². The summed E-state index contributed by atoms with van der Waals surface area (Å²) in [4.78, 5) is 14.8. The molecule has 0 unspecified atom stereocenters. The number of fused-ring (bicyclic) bond motifs is 2. The van der Waals surface area contributed by atoms with Crippen LogP contribution in [0.2, 0.25) is 0 Å². The molecule has 0 spiro atoms. The van der Waals surface area contributed by atoms with Crippen molar-refractivity contribution in [1.29, 1.82) is 0 Å². The second kappa shape index (κ2) is 11.6. The molecule has 9 aromatic rings. The molecular weight excluding hydrogens is 590 g/mol. The van der Waals surface area contributed by atoms with Gasteiger partial charge in [0, 0.05) is 33.4 Å². The maximum Gasteiger partial charge on any atom is 0.227 e. The molecule has 5 heteroatoms. The van der Waals surface area contributed by atoms with Gasteiger partial charge in [0.05, 0.1) is 11.4 Å². The first kappa shape index (κ1) is 27.7. The molecule has 0 fully saturated rings. The number of oxazole rings is 2. The highest BCUT2D eigenvalue weighted by Crippen LogP contribution is 2.41. The van der Waals surface area contributed by atoms with E-state index >= 15 is 0 Å². The van der Waals surface area contributed by atoms with E-state index in [2.05, 4.69) is 103 Å². The zero-order chi connectivity index (χ0) is 31.9. The third-order valence-electron chi connectivity index (χ3n) is 8.59. The van der Waals surface area contributed by atoms with Crippen LogP contribution in [-0.4, -0.2) is 15.0 Å². The molecule has 0 aliphatic rings. The summed E-state index contributed by atoms with van der Waals surface area (Å²) in [5.74, 6) is 1.20. The fourth-order valence-electron chi connectivity index (χ4n) is 6.16. The number of para-hydroxylation sites is 4. The van der Waals surface area contributed by atoms with Crippen LogP contribution < -0.4 is 0 Å². The standard InChI is InChI=1S/C43H27N3O2/c1-3-11-30(12-4-1)40-34(28-19-23-32(24-20-28)42-44-36-15-7-9-17-38(36)47-42)27-35(41(46-40)31-13-5-2-6-14-31)29-21-25-33(26-22-29)43-45-37-16-8-10-18-39(37)48-43/h1-27H. The van der Waals surface area contributed by atoms with E-state index in [-0.39, 0.29) is 0 Å². The Bertz CT molecular complexity index is 2290. The number of hydrogen-bond acceptors (Lipinski definition) is 5. The third kappa shape index (κ3) is 5.04. The molecule has 5 nitrogen and oxygen atoms in total. The normalized spacial score (nSPS) is 11.3. The first-order valence-corrected chi connectivity index (χ1v) is 15.9. The fourth-order valence-corrected chi connectivity index (χ4v) is 6.16. The molecule has 0 aliphatic heterocycles. The molecule has 0 radical (unpaired) electrons. The van der Waals surface area contributed by atoms with Crippen LogP contribution in [0.4, 0.5) is 0 Å². The highest BCUT2D eigenvalue weighted by molar-refractivity contribution is 5.91. The van der Waals surface area contributed by atoms with Crippen LogP contribution in [0.3, 0.4) is 0 Å². The smallest absolute Gasteiger partial charge is 0.227 e. The summed E-state index contributed by atoms with van der Waals surface area (Å²) in [6.07, 6.45) is 0. The molecule has 9 rings (SSSR count). The van der Waals surface area contributed by atoms with Crippen molar-refractivity contribution in [3.8, 4) is 67.7 Å². The van der Waals surface area contributed by atoms with Crippen LogP contribution in [0.1, 0.15) is 0 Å². The van der Waals surface area contributed by atoms with Crippen LogP contribution in [0.15, 0.2) is 173 Å². The van der Waals surface area contributed by atoms with Gasteiger partial charge in [-0.3, -0.25) is 0 Å². The number of pyridine rings is 1. The van der Waals surface area contributed by atoms with Gasteiger partial charge in [0.1, 0.15) is 11.0 Å². The molecule has 0 aliphatic carbocycles. The predicted octanol–water partition coefficient (Wildman–Crippen LogP) is 11.4. The van der Waals surface area contributed by atoms with Gasteiger partial charge in [-0.1, -0.05) is 109 Å². The molecule has 0 saturated heterocycles. The molecule has 0 bridgehead atoms. The van der Waals surface area contributed by atoms with Gasteiger partial charge in [-0.25, -0.2) is 15.0 Å². The molecule has 3 aromatic heterocycles. The fraction of sp³-hybridized carbons (Fsp3) is 0. The van der Waals surface area contributed by atoms with E-state index < -0.39 is 0 Å². The highest BCUT2D eigenvalue weighted by atomic mass is 16.4. The van der Waals surface area contributed by atoms with Gasteiger partial charge in [0.25, 0.3) is 0 Å². The van der Waals surface area contributed by atoms with Crippen LogP contribution in [-0.2, 0) is 0 Å². The lowest BCUT2D eigenvalue weighted by molar-refractivity contribution is 0.619. The van der Waals surface area contributed by atoms with Gasteiger partial charge >= 0.3 is 0 Å². The monoisotopic (exact) mass is 617 g/mol. The van der Waals surface area contributed by atoms with Gasteiger partial charge in [0.15, 0.2) is 11.2 Å². The van der Waals surface area contributed by atoms with Crippen molar-refractivity contribution in [2.75, 3.05) is 0 Å². The Morgan fingerprint density at radius 1 is 0.312 bits per heavy atom. The van der Waals surface area contributed by atoms with Crippen LogP contribution in [0.5, 0.6) is 0 Å². The minimum Gasteiger partial charge on any atom is -0.436 e. The number of benzene rings is 6. The zero-order valence-corrected chi connectivity index (χ0v) is 25.7. The Balaban J connectivity index is 1.19. The van der Waals surface area contributed by atoms with E-state index in [9.17, 15) is 0 Å². The lowest BCUT2D eigenvalue weighted by Gasteiger charge is -2.17. The Kier molecular flexibility index (Phi) is 6.72. The van der Waals surface area contributed by atoms with Crippen molar-refractivity contribution in [3.63, 3.8) is 0 Å². The zero-order valence-electron chi connectivity index (χ0n) is 25.7. The summed E-state index contributed by atoms with van der Waals surface area (Å²) in [5.41, 5.74) is 13.1. The van der Waals surface area contributed by atoms with Crippen molar-refractivity contribution in [2.45, 2.75) is 0 Å². The second-order valence-electron chi connectivity index (χ2n) is 11.6. The Labute approximate surface area is 276 Å². The molecular formula is C43H27N3O2. The molecule has 0 N–H and O–H groups in total. The van der Waals surface area contributed by atoms with E-state index in [1.807, 2.05) is 60.7 Å². The quantitative estimate of drug-likeness (QED) is 0.186. The summed E-state index contributed by atoms with van der Waals surface area (Å²) in [6, 6.07) is 55.4. The largest absolute Gasteiger partial charge is 0.436 e. The summed E-state index contributed by atoms with van der Waals surface area (Å²) in [5, 5.41) is 0. The molecule has 0 amide bonds. The summed E-state index contributed by atoms with van der Waals surface area (Å²) in [6.45, 7) is 0. The van der Waals surface area contributed by atoms with Crippen LogP contribution in [0.25, 0.3) is 89.9 Å². The van der Waals surface area contributed by atoms with E-state index in [4.69, 9.17) is 23.8 Å². The summed E-state index contributed by atoms with van der Waals surface area (Å²) >= 11 is 0. The first-order valence-electron chi connectivity index (χ1n) is 15.9. The van der Waals surface area contributed by atoms with E-state index in [0.29, 0.717) is 11.8 Å². The van der Waals surface area contributed by atoms with Gasteiger partial charge in [-0.05, 0) is 65.7 Å². The number of nitrogens with zero attached hydrogens (tertiary/aromatic N) is 3. The molecule has 3 heterocycles. The maximum absolute atomic E-state index is 6.06. The molecule has 226 valence electrons. The number of aromatic nitrogens is 3. The van der Waals surface area contributed by atoms with Crippen molar-refractivity contribution in [2.24, 2.45) is 0 Å².